The number of aliphatic imine (C=N–C) groups is 1. The number of carbonyl (C=O) groups excluding carboxylic acids is 1. The van der Waals surface area contributed by atoms with Crippen LogP contribution in [0.25, 0.3) is 10.9 Å². The van der Waals surface area contributed by atoms with Crippen molar-refractivity contribution < 1.29 is 9.90 Å². The van der Waals surface area contributed by atoms with Crippen LogP contribution in [-0.2, 0) is 11.2 Å². The topological polar surface area (TPSA) is 68.7 Å². The third-order valence-corrected chi connectivity index (χ3v) is 5.55. The molecule has 2 N–H and O–H groups in total. The van der Waals surface area contributed by atoms with Gasteiger partial charge >= 0.3 is 0 Å². The second kappa shape index (κ2) is 4.68. The minimum atomic E-state index is -0.498. The van der Waals surface area contributed by atoms with Gasteiger partial charge in [-0.3, -0.25) is 14.7 Å². The molecule has 2 aromatic rings. The maximum atomic E-state index is 12.9. The van der Waals surface area contributed by atoms with E-state index in [1.807, 2.05) is 17.0 Å². The SMILES string of the molecule is O=C1[C@@H]2CCC[C@@H](O)[C@H]2N=C2c3[nH]c4ccccc4c3CCN12. The van der Waals surface area contributed by atoms with Crippen molar-refractivity contribution in [3.05, 3.63) is 35.5 Å². The van der Waals surface area contributed by atoms with Crippen molar-refractivity contribution in [2.24, 2.45) is 10.9 Å². The van der Waals surface area contributed by atoms with Crippen LogP contribution in [0.2, 0.25) is 0 Å². The Morgan fingerprint density at radius 1 is 1.26 bits per heavy atom. The summed E-state index contributed by atoms with van der Waals surface area (Å²) in [5.41, 5.74) is 3.29. The van der Waals surface area contributed by atoms with Gasteiger partial charge in [-0.1, -0.05) is 18.2 Å². The van der Waals surface area contributed by atoms with Crippen molar-refractivity contribution in [2.45, 2.75) is 37.8 Å². The number of aliphatic hydroxyl groups excluding tert-OH is 1. The van der Waals surface area contributed by atoms with Crippen LogP contribution >= 0.6 is 0 Å². The molecule has 5 rings (SSSR count). The fourth-order valence-corrected chi connectivity index (χ4v) is 4.41. The molecule has 1 aromatic heterocycles. The summed E-state index contributed by atoms with van der Waals surface area (Å²) < 4.78 is 0. The number of aliphatic hydroxyl groups is 1. The molecular formula is C18H19N3O2. The molecule has 1 amide bonds. The number of nitrogens with one attached hydrogen (secondary N) is 1. The predicted molar refractivity (Wildman–Crippen MR) is 87.4 cm³/mol. The highest BCUT2D eigenvalue weighted by Gasteiger charge is 2.45. The van der Waals surface area contributed by atoms with Crippen LogP contribution in [0.15, 0.2) is 29.3 Å². The van der Waals surface area contributed by atoms with E-state index in [4.69, 9.17) is 4.99 Å². The smallest absolute Gasteiger partial charge is 0.233 e. The average molecular weight is 309 g/mol. The fraction of sp³-hybridized carbons (Fsp3) is 0.444. The Hall–Kier alpha value is -2.14. The minimum Gasteiger partial charge on any atom is -0.391 e. The van der Waals surface area contributed by atoms with Crippen LogP contribution < -0.4 is 0 Å². The Morgan fingerprint density at radius 3 is 3.04 bits per heavy atom. The lowest BCUT2D eigenvalue weighted by Crippen LogP contribution is -2.55. The van der Waals surface area contributed by atoms with Gasteiger partial charge in [0.15, 0.2) is 5.84 Å². The lowest BCUT2D eigenvalue weighted by atomic mass is 9.80. The Morgan fingerprint density at radius 2 is 2.13 bits per heavy atom. The standard InChI is InChI=1S/C18H19N3O2/c22-14-7-3-5-12-15(14)20-17-16-11(8-9-21(17)18(12)23)10-4-1-2-6-13(10)19-16/h1-2,4,6,12,14-15,19,22H,3,5,7-9H2/t12-,14-,15+/m1/s1. The minimum absolute atomic E-state index is 0.142. The van der Waals surface area contributed by atoms with Gasteiger partial charge in [-0.2, -0.15) is 0 Å². The number of hydrogen-bond donors (Lipinski definition) is 2. The molecule has 5 heteroatoms. The number of benzene rings is 1. The summed E-state index contributed by atoms with van der Waals surface area (Å²) in [5.74, 6) is 0.728. The highest BCUT2D eigenvalue weighted by Crippen LogP contribution is 2.36. The molecule has 23 heavy (non-hydrogen) atoms. The summed E-state index contributed by atoms with van der Waals surface area (Å²) in [5, 5.41) is 11.5. The Labute approximate surface area is 134 Å². The van der Waals surface area contributed by atoms with E-state index >= 15 is 0 Å². The van der Waals surface area contributed by atoms with Crippen LogP contribution in [0, 0.1) is 5.92 Å². The monoisotopic (exact) mass is 309 g/mol. The molecule has 118 valence electrons. The molecule has 0 unspecified atom stereocenters. The third-order valence-electron chi connectivity index (χ3n) is 5.55. The van der Waals surface area contributed by atoms with Gasteiger partial charge in [0.05, 0.1) is 23.8 Å². The first kappa shape index (κ1) is 13.3. The van der Waals surface area contributed by atoms with Crippen molar-refractivity contribution in [1.82, 2.24) is 9.88 Å². The van der Waals surface area contributed by atoms with E-state index in [0.29, 0.717) is 6.54 Å². The normalized spacial score (nSPS) is 29.8. The molecule has 3 aliphatic rings. The van der Waals surface area contributed by atoms with E-state index in [1.165, 1.54) is 10.9 Å². The van der Waals surface area contributed by atoms with Crippen LogP contribution in [0.3, 0.4) is 0 Å². The van der Waals surface area contributed by atoms with Crippen LogP contribution in [0.5, 0.6) is 0 Å². The van der Waals surface area contributed by atoms with Gasteiger partial charge < -0.3 is 10.1 Å². The van der Waals surface area contributed by atoms with Crippen molar-refractivity contribution in [3.63, 3.8) is 0 Å². The number of aromatic nitrogens is 1. The first-order valence-electron chi connectivity index (χ1n) is 8.41. The lowest BCUT2D eigenvalue weighted by Gasteiger charge is -2.42. The number of H-pyrrole nitrogens is 1. The maximum Gasteiger partial charge on any atom is 0.233 e. The highest BCUT2D eigenvalue weighted by molar-refractivity contribution is 6.13. The van der Waals surface area contributed by atoms with Crippen molar-refractivity contribution >= 4 is 22.6 Å². The number of amidine groups is 1. The second-order valence-corrected chi connectivity index (χ2v) is 6.81. The van der Waals surface area contributed by atoms with Crippen LogP contribution in [0.4, 0.5) is 0 Å². The number of aromatic amines is 1. The van der Waals surface area contributed by atoms with Crippen LogP contribution in [0.1, 0.15) is 30.5 Å². The van der Waals surface area contributed by atoms with Gasteiger partial charge in [0, 0.05) is 17.4 Å². The molecule has 0 saturated heterocycles. The second-order valence-electron chi connectivity index (χ2n) is 6.81. The largest absolute Gasteiger partial charge is 0.391 e. The number of hydrogen-bond acceptors (Lipinski definition) is 3. The molecular weight excluding hydrogens is 290 g/mol. The first-order chi connectivity index (χ1) is 11.2. The van der Waals surface area contributed by atoms with E-state index < -0.39 is 6.10 Å². The van der Waals surface area contributed by atoms with Gasteiger partial charge in [0.25, 0.3) is 0 Å². The molecule has 0 spiro atoms. The zero-order valence-electron chi connectivity index (χ0n) is 12.8. The molecule has 3 heterocycles. The molecule has 3 atom stereocenters. The number of nitrogens with zero attached hydrogens (tertiary/aromatic N) is 2. The molecule has 1 aromatic carbocycles. The number of amides is 1. The summed E-state index contributed by atoms with van der Waals surface area (Å²) in [7, 11) is 0. The highest BCUT2D eigenvalue weighted by atomic mass is 16.3. The molecule has 5 nitrogen and oxygen atoms in total. The molecule has 0 bridgehead atoms. The Balaban J connectivity index is 1.70. The molecule has 1 fully saturated rings. The predicted octanol–water partition coefficient (Wildman–Crippen LogP) is 1.84. The van der Waals surface area contributed by atoms with Gasteiger partial charge in [0.2, 0.25) is 5.91 Å². The van der Waals surface area contributed by atoms with E-state index in [9.17, 15) is 9.90 Å². The Bertz CT molecular complexity index is 838. The number of para-hydroxylation sites is 1. The fourth-order valence-electron chi connectivity index (χ4n) is 4.41. The summed E-state index contributed by atoms with van der Waals surface area (Å²) in [4.78, 5) is 23.0. The lowest BCUT2D eigenvalue weighted by molar-refractivity contribution is -0.136. The number of carbonyl (C=O) groups is 1. The summed E-state index contributed by atoms with van der Waals surface area (Å²) in [6, 6.07) is 7.94. The van der Waals surface area contributed by atoms with E-state index in [2.05, 4.69) is 17.1 Å². The zero-order valence-corrected chi connectivity index (χ0v) is 12.8. The number of rotatable bonds is 0. The molecule has 1 aliphatic carbocycles. The molecule has 2 aliphatic heterocycles. The van der Waals surface area contributed by atoms with Crippen LogP contribution in [-0.4, -0.2) is 45.4 Å². The van der Waals surface area contributed by atoms with E-state index in [-0.39, 0.29) is 17.9 Å². The van der Waals surface area contributed by atoms with Gasteiger partial charge in [-0.15, -0.1) is 0 Å². The van der Waals surface area contributed by atoms with E-state index in [0.717, 1.165) is 42.7 Å². The van der Waals surface area contributed by atoms with E-state index in [1.54, 1.807) is 0 Å². The zero-order chi connectivity index (χ0) is 15.6. The Kier molecular flexibility index (Phi) is 2.71. The van der Waals surface area contributed by atoms with Gasteiger partial charge in [-0.05, 0) is 37.3 Å². The summed E-state index contributed by atoms with van der Waals surface area (Å²) in [6.07, 6.45) is 2.84. The molecule has 0 radical (unpaired) electrons. The van der Waals surface area contributed by atoms with Gasteiger partial charge in [0.1, 0.15) is 0 Å². The summed E-state index contributed by atoms with van der Waals surface area (Å²) in [6.45, 7) is 0.686. The van der Waals surface area contributed by atoms with Crippen molar-refractivity contribution in [2.75, 3.05) is 6.54 Å². The molecule has 1 saturated carbocycles. The van der Waals surface area contributed by atoms with Gasteiger partial charge in [-0.25, -0.2) is 0 Å². The van der Waals surface area contributed by atoms with Crippen molar-refractivity contribution in [3.8, 4) is 0 Å². The van der Waals surface area contributed by atoms with Crippen molar-refractivity contribution in [1.29, 1.82) is 0 Å². The maximum absolute atomic E-state index is 12.9. The summed E-state index contributed by atoms with van der Waals surface area (Å²) >= 11 is 0. The average Bonchev–Trinajstić information content (AvgIpc) is 2.95. The third kappa shape index (κ3) is 1.77. The first-order valence-corrected chi connectivity index (χ1v) is 8.41. The number of fused-ring (bicyclic) bond motifs is 6. The quantitative estimate of drug-likeness (QED) is 0.780.